The largest absolute Gasteiger partial charge is 0.494 e. The number of hydrogen-bond acceptors (Lipinski definition) is 5. The Labute approximate surface area is 174 Å². The lowest BCUT2D eigenvalue weighted by molar-refractivity contribution is 0.0956. The maximum atomic E-state index is 13.3. The number of thioether (sulfide) groups is 1. The van der Waals surface area contributed by atoms with E-state index >= 15 is 0 Å². The Balaban J connectivity index is 1.62. The number of rotatable bonds is 6. The van der Waals surface area contributed by atoms with Crippen molar-refractivity contribution < 1.29 is 9.53 Å². The van der Waals surface area contributed by atoms with Gasteiger partial charge in [0.05, 0.1) is 13.2 Å². The van der Waals surface area contributed by atoms with E-state index in [1.54, 1.807) is 16.8 Å². The third-order valence-corrected chi connectivity index (χ3v) is 5.78. The second-order valence-corrected chi connectivity index (χ2v) is 8.00. The molecule has 0 fully saturated rings. The Kier molecular flexibility index (Phi) is 5.85. The van der Waals surface area contributed by atoms with Gasteiger partial charge in [-0.05, 0) is 43.2 Å². The number of aryl methyl sites for hydroxylation is 1. The van der Waals surface area contributed by atoms with E-state index in [0.717, 1.165) is 40.6 Å². The molecule has 0 unspecified atom stereocenters. The molecule has 0 N–H and O–H groups in total. The lowest BCUT2D eigenvalue weighted by Crippen LogP contribution is -2.45. The summed E-state index contributed by atoms with van der Waals surface area (Å²) in [6.07, 6.45) is 2.11. The fourth-order valence-electron chi connectivity index (χ4n) is 3.26. The number of ether oxygens (including phenoxy) is 1. The van der Waals surface area contributed by atoms with Gasteiger partial charge < -0.3 is 4.74 Å². The molecule has 4 rings (SSSR count). The average Bonchev–Trinajstić information content (AvgIpc) is 3.18. The molecule has 0 atom stereocenters. The van der Waals surface area contributed by atoms with Gasteiger partial charge in [0.1, 0.15) is 5.75 Å². The summed E-state index contributed by atoms with van der Waals surface area (Å²) in [6, 6.07) is 15.4. The van der Waals surface area contributed by atoms with E-state index in [1.165, 1.54) is 0 Å². The molecule has 7 heteroatoms. The van der Waals surface area contributed by atoms with Gasteiger partial charge in [0, 0.05) is 16.9 Å². The van der Waals surface area contributed by atoms with Gasteiger partial charge in [-0.2, -0.15) is 0 Å². The highest BCUT2D eigenvalue weighted by Crippen LogP contribution is 2.30. The van der Waals surface area contributed by atoms with Gasteiger partial charge >= 0.3 is 0 Å². The van der Waals surface area contributed by atoms with Gasteiger partial charge in [-0.25, -0.2) is 9.69 Å². The third kappa shape index (κ3) is 4.00. The van der Waals surface area contributed by atoms with E-state index in [-0.39, 0.29) is 5.91 Å². The molecule has 0 saturated heterocycles. The van der Waals surface area contributed by atoms with Crippen molar-refractivity contribution in [2.45, 2.75) is 31.8 Å². The minimum Gasteiger partial charge on any atom is -0.494 e. The van der Waals surface area contributed by atoms with Crippen molar-refractivity contribution in [2.24, 2.45) is 0 Å². The SMILES string of the molecule is CCCCOc1ccc(C(=O)N2CCSc3nnc(-c4ccccc4C)n32)cc1. The fourth-order valence-corrected chi connectivity index (χ4v) is 4.11. The lowest BCUT2D eigenvalue weighted by atomic mass is 10.1. The smallest absolute Gasteiger partial charge is 0.272 e. The van der Waals surface area contributed by atoms with Crippen LogP contribution in [-0.4, -0.2) is 39.7 Å². The van der Waals surface area contributed by atoms with Gasteiger partial charge in [0.15, 0.2) is 5.82 Å². The summed E-state index contributed by atoms with van der Waals surface area (Å²) in [7, 11) is 0. The molecule has 2 heterocycles. The molecule has 150 valence electrons. The third-order valence-electron chi connectivity index (χ3n) is 4.88. The molecule has 0 radical (unpaired) electrons. The number of amides is 1. The van der Waals surface area contributed by atoms with Crippen molar-refractivity contribution in [3.63, 3.8) is 0 Å². The van der Waals surface area contributed by atoms with E-state index in [1.807, 2.05) is 60.1 Å². The van der Waals surface area contributed by atoms with Crippen LogP contribution in [0.5, 0.6) is 5.75 Å². The van der Waals surface area contributed by atoms with E-state index in [2.05, 4.69) is 17.1 Å². The average molecular weight is 409 g/mol. The van der Waals surface area contributed by atoms with Gasteiger partial charge in [-0.1, -0.05) is 49.4 Å². The van der Waals surface area contributed by atoms with Crippen LogP contribution in [0.4, 0.5) is 0 Å². The van der Waals surface area contributed by atoms with E-state index < -0.39 is 0 Å². The molecule has 0 saturated carbocycles. The lowest BCUT2D eigenvalue weighted by Gasteiger charge is -2.29. The zero-order valence-corrected chi connectivity index (χ0v) is 17.5. The van der Waals surface area contributed by atoms with E-state index in [0.29, 0.717) is 24.5 Å². The monoisotopic (exact) mass is 408 g/mol. The minimum absolute atomic E-state index is 0.0682. The molecule has 0 bridgehead atoms. The molecule has 3 aromatic rings. The molecule has 1 aliphatic heterocycles. The second-order valence-electron chi connectivity index (χ2n) is 6.94. The summed E-state index contributed by atoms with van der Waals surface area (Å²) in [5.74, 6) is 2.20. The summed E-state index contributed by atoms with van der Waals surface area (Å²) in [5, 5.41) is 11.2. The van der Waals surface area contributed by atoms with Crippen LogP contribution in [0.15, 0.2) is 53.7 Å². The summed E-state index contributed by atoms with van der Waals surface area (Å²) < 4.78 is 7.56. The molecule has 1 amide bonds. The van der Waals surface area contributed by atoms with Crippen molar-refractivity contribution in [3.8, 4) is 17.1 Å². The highest BCUT2D eigenvalue weighted by atomic mass is 32.2. The number of nitrogens with zero attached hydrogens (tertiary/aromatic N) is 4. The predicted molar refractivity (Wildman–Crippen MR) is 115 cm³/mol. The maximum absolute atomic E-state index is 13.3. The van der Waals surface area contributed by atoms with Crippen LogP contribution in [0.1, 0.15) is 35.7 Å². The Morgan fingerprint density at radius 1 is 1.14 bits per heavy atom. The standard InChI is InChI=1S/C22H24N4O2S/c1-3-4-14-28-18-11-9-17(10-12-18)21(27)25-13-15-29-22-24-23-20(26(22)25)19-8-6-5-7-16(19)2/h5-12H,3-4,13-15H2,1-2H3. The highest BCUT2D eigenvalue weighted by Gasteiger charge is 2.29. The van der Waals surface area contributed by atoms with E-state index in [9.17, 15) is 4.79 Å². The first-order valence-corrected chi connectivity index (χ1v) is 10.9. The topological polar surface area (TPSA) is 60.2 Å². The summed E-state index contributed by atoms with van der Waals surface area (Å²) in [5.41, 5.74) is 2.70. The van der Waals surface area contributed by atoms with Crippen LogP contribution in [0.3, 0.4) is 0 Å². The number of carbonyl (C=O) groups excluding carboxylic acids is 1. The van der Waals surface area contributed by atoms with Crippen molar-refractivity contribution in [3.05, 3.63) is 59.7 Å². The molecular weight excluding hydrogens is 384 g/mol. The molecular formula is C22H24N4O2S. The van der Waals surface area contributed by atoms with Crippen LogP contribution < -0.4 is 9.75 Å². The van der Waals surface area contributed by atoms with Gasteiger partial charge in [0.25, 0.3) is 5.91 Å². The first-order valence-electron chi connectivity index (χ1n) is 9.88. The summed E-state index contributed by atoms with van der Waals surface area (Å²) >= 11 is 1.62. The first kappa shape index (κ1) is 19.5. The van der Waals surface area contributed by atoms with Crippen molar-refractivity contribution in [2.75, 3.05) is 23.9 Å². The summed E-state index contributed by atoms with van der Waals surface area (Å²) in [4.78, 5) is 13.3. The first-order chi connectivity index (χ1) is 14.2. The fraction of sp³-hybridized carbons (Fsp3) is 0.318. The number of unbranched alkanes of at least 4 members (excludes halogenated alkanes) is 1. The number of carbonyl (C=O) groups is 1. The molecule has 29 heavy (non-hydrogen) atoms. The minimum atomic E-state index is -0.0682. The van der Waals surface area contributed by atoms with Crippen LogP contribution >= 0.6 is 11.8 Å². The van der Waals surface area contributed by atoms with Crippen molar-refractivity contribution in [1.82, 2.24) is 14.9 Å². The zero-order chi connectivity index (χ0) is 20.2. The zero-order valence-electron chi connectivity index (χ0n) is 16.7. The number of fused-ring (bicyclic) bond motifs is 1. The maximum Gasteiger partial charge on any atom is 0.272 e. The predicted octanol–water partition coefficient (Wildman–Crippen LogP) is 4.32. The normalized spacial score (nSPS) is 13.2. The quantitative estimate of drug-likeness (QED) is 0.569. The van der Waals surface area contributed by atoms with Crippen LogP contribution in [0.2, 0.25) is 0 Å². The molecule has 0 spiro atoms. The Bertz CT molecular complexity index is 1000. The summed E-state index contributed by atoms with van der Waals surface area (Å²) in [6.45, 7) is 5.46. The number of hydrogen-bond donors (Lipinski definition) is 0. The molecule has 1 aliphatic rings. The second kappa shape index (κ2) is 8.69. The number of aromatic nitrogens is 3. The van der Waals surface area contributed by atoms with Gasteiger partial charge in [-0.15, -0.1) is 10.2 Å². The molecule has 2 aromatic carbocycles. The van der Waals surface area contributed by atoms with Crippen molar-refractivity contribution >= 4 is 17.7 Å². The molecule has 6 nitrogen and oxygen atoms in total. The van der Waals surface area contributed by atoms with Crippen LogP contribution in [0, 0.1) is 6.92 Å². The van der Waals surface area contributed by atoms with Gasteiger partial charge in [0.2, 0.25) is 5.16 Å². The Morgan fingerprint density at radius 3 is 2.69 bits per heavy atom. The molecule has 0 aliphatic carbocycles. The Morgan fingerprint density at radius 2 is 1.93 bits per heavy atom. The Hall–Kier alpha value is -2.80. The van der Waals surface area contributed by atoms with Gasteiger partial charge in [-0.3, -0.25) is 4.79 Å². The molecule has 1 aromatic heterocycles. The van der Waals surface area contributed by atoms with Crippen LogP contribution in [0.25, 0.3) is 11.4 Å². The highest BCUT2D eigenvalue weighted by molar-refractivity contribution is 7.99. The number of benzene rings is 2. The van der Waals surface area contributed by atoms with E-state index in [4.69, 9.17) is 4.74 Å². The van der Waals surface area contributed by atoms with Crippen molar-refractivity contribution in [1.29, 1.82) is 0 Å². The van der Waals surface area contributed by atoms with Crippen LogP contribution in [-0.2, 0) is 0 Å².